The molecule has 0 saturated carbocycles. The van der Waals surface area contributed by atoms with Crippen LogP contribution in [0, 0.1) is 5.92 Å². The van der Waals surface area contributed by atoms with Crippen LogP contribution in [0.15, 0.2) is 24.3 Å². The van der Waals surface area contributed by atoms with Gasteiger partial charge < -0.3 is 15.4 Å². The van der Waals surface area contributed by atoms with Crippen molar-refractivity contribution in [2.45, 2.75) is 20.3 Å². The fourth-order valence-electron chi connectivity index (χ4n) is 1.61. The van der Waals surface area contributed by atoms with E-state index < -0.39 is 0 Å². The number of methoxy groups -OCH3 is 1. The van der Waals surface area contributed by atoms with Gasteiger partial charge in [-0.1, -0.05) is 26.0 Å². The van der Waals surface area contributed by atoms with E-state index >= 15 is 0 Å². The average molecular weight is 264 g/mol. The van der Waals surface area contributed by atoms with Gasteiger partial charge in [0.2, 0.25) is 5.91 Å². The number of carbonyl (C=O) groups is 1. The third-order valence-corrected chi connectivity index (χ3v) is 2.74. The number of amides is 1. The van der Waals surface area contributed by atoms with Crippen LogP contribution in [0.25, 0.3) is 0 Å². The fraction of sp³-hybridized carbons (Fsp3) is 0.533. The van der Waals surface area contributed by atoms with Crippen molar-refractivity contribution in [3.05, 3.63) is 29.8 Å². The summed E-state index contributed by atoms with van der Waals surface area (Å²) in [7, 11) is 1.66. The lowest BCUT2D eigenvalue weighted by Gasteiger charge is -2.08. The highest BCUT2D eigenvalue weighted by atomic mass is 16.5. The van der Waals surface area contributed by atoms with Crippen molar-refractivity contribution in [2.75, 3.05) is 26.7 Å². The molecule has 0 aliphatic rings. The van der Waals surface area contributed by atoms with E-state index in [0.717, 1.165) is 25.3 Å². The Labute approximate surface area is 115 Å². The van der Waals surface area contributed by atoms with E-state index in [0.29, 0.717) is 12.5 Å². The minimum Gasteiger partial charge on any atom is -0.497 e. The maximum absolute atomic E-state index is 11.5. The lowest BCUT2D eigenvalue weighted by molar-refractivity contribution is -0.120. The Morgan fingerprint density at radius 2 is 1.95 bits per heavy atom. The maximum atomic E-state index is 11.5. The number of nitrogens with one attached hydrogen (secondary N) is 2. The Morgan fingerprint density at radius 3 is 2.53 bits per heavy atom. The Bertz CT molecular complexity index is 374. The molecule has 0 saturated heterocycles. The highest BCUT2D eigenvalue weighted by molar-refractivity contribution is 5.77. The van der Waals surface area contributed by atoms with Crippen molar-refractivity contribution in [3.8, 4) is 5.75 Å². The van der Waals surface area contributed by atoms with E-state index in [4.69, 9.17) is 4.74 Å². The van der Waals surface area contributed by atoms with Gasteiger partial charge >= 0.3 is 0 Å². The normalized spacial score (nSPS) is 10.5. The summed E-state index contributed by atoms with van der Waals surface area (Å²) in [6.07, 6.45) is 0.904. The van der Waals surface area contributed by atoms with Crippen LogP contribution >= 0.6 is 0 Å². The Hall–Kier alpha value is -1.55. The number of rotatable bonds is 8. The third-order valence-electron chi connectivity index (χ3n) is 2.74. The molecule has 1 aromatic rings. The molecule has 0 heterocycles. The number of ether oxygens (including phenoxy) is 1. The van der Waals surface area contributed by atoms with Crippen LogP contribution < -0.4 is 15.4 Å². The van der Waals surface area contributed by atoms with Gasteiger partial charge in [-0.2, -0.15) is 0 Å². The van der Waals surface area contributed by atoms with Gasteiger partial charge in [0, 0.05) is 6.54 Å². The molecule has 0 unspecified atom stereocenters. The molecule has 19 heavy (non-hydrogen) atoms. The minimum absolute atomic E-state index is 0.0587. The van der Waals surface area contributed by atoms with Crippen LogP contribution in [0.3, 0.4) is 0 Å². The van der Waals surface area contributed by atoms with Crippen LogP contribution in [-0.2, 0) is 11.2 Å². The first kappa shape index (κ1) is 15.5. The molecule has 0 fully saturated rings. The van der Waals surface area contributed by atoms with Gasteiger partial charge in [-0.15, -0.1) is 0 Å². The van der Waals surface area contributed by atoms with Gasteiger partial charge in [-0.25, -0.2) is 0 Å². The van der Waals surface area contributed by atoms with Crippen LogP contribution in [0.1, 0.15) is 19.4 Å². The predicted octanol–water partition coefficient (Wildman–Crippen LogP) is 1.60. The van der Waals surface area contributed by atoms with E-state index in [2.05, 4.69) is 24.5 Å². The van der Waals surface area contributed by atoms with Crippen LogP contribution in [-0.4, -0.2) is 32.7 Å². The Morgan fingerprint density at radius 1 is 1.26 bits per heavy atom. The summed E-state index contributed by atoms with van der Waals surface area (Å²) >= 11 is 0. The van der Waals surface area contributed by atoms with Gasteiger partial charge in [0.15, 0.2) is 0 Å². The second kappa shape index (κ2) is 8.53. The summed E-state index contributed by atoms with van der Waals surface area (Å²) in [4.78, 5) is 11.5. The number of benzene rings is 1. The molecule has 106 valence electrons. The molecule has 1 rings (SSSR count). The molecule has 4 nitrogen and oxygen atoms in total. The summed E-state index contributed by atoms with van der Waals surface area (Å²) in [5, 5.41) is 6.02. The highest BCUT2D eigenvalue weighted by Crippen LogP contribution is 2.11. The molecule has 2 N–H and O–H groups in total. The van der Waals surface area contributed by atoms with E-state index in [1.807, 2.05) is 24.3 Å². The standard InChI is InChI=1S/C15H24N2O2/c1-12(2)10-17-15(18)11-16-9-8-13-4-6-14(19-3)7-5-13/h4-7,12,16H,8-11H2,1-3H3,(H,17,18). The van der Waals surface area contributed by atoms with Crippen molar-refractivity contribution in [1.29, 1.82) is 0 Å². The fourth-order valence-corrected chi connectivity index (χ4v) is 1.61. The third kappa shape index (κ3) is 6.82. The quantitative estimate of drug-likeness (QED) is 0.701. The molecule has 4 heteroatoms. The molecule has 0 radical (unpaired) electrons. The molecule has 0 bridgehead atoms. The highest BCUT2D eigenvalue weighted by Gasteiger charge is 2.01. The van der Waals surface area contributed by atoms with Crippen molar-refractivity contribution >= 4 is 5.91 Å². The summed E-state index contributed by atoms with van der Waals surface area (Å²) in [5.41, 5.74) is 1.23. The lowest BCUT2D eigenvalue weighted by Crippen LogP contribution is -2.36. The summed E-state index contributed by atoms with van der Waals surface area (Å²) < 4.78 is 5.10. The van der Waals surface area contributed by atoms with Gasteiger partial charge in [0.1, 0.15) is 5.75 Å². The van der Waals surface area contributed by atoms with Crippen molar-refractivity contribution in [1.82, 2.24) is 10.6 Å². The zero-order valence-electron chi connectivity index (χ0n) is 12.0. The first-order valence-corrected chi connectivity index (χ1v) is 6.72. The van der Waals surface area contributed by atoms with Crippen LogP contribution in [0.2, 0.25) is 0 Å². The van der Waals surface area contributed by atoms with E-state index in [1.165, 1.54) is 5.56 Å². The van der Waals surface area contributed by atoms with Gasteiger partial charge in [0.25, 0.3) is 0 Å². The molecule has 0 spiro atoms. The van der Waals surface area contributed by atoms with Gasteiger partial charge in [0.05, 0.1) is 13.7 Å². The summed E-state index contributed by atoms with van der Waals surface area (Å²) in [6.45, 7) is 6.07. The Kier molecular flexibility index (Phi) is 6.97. The topological polar surface area (TPSA) is 50.4 Å². The van der Waals surface area contributed by atoms with E-state index in [-0.39, 0.29) is 5.91 Å². The zero-order valence-corrected chi connectivity index (χ0v) is 12.0. The monoisotopic (exact) mass is 264 g/mol. The SMILES string of the molecule is COc1ccc(CCNCC(=O)NCC(C)C)cc1. The molecule has 1 aromatic carbocycles. The van der Waals surface area contributed by atoms with E-state index in [9.17, 15) is 4.79 Å². The number of hydrogen-bond donors (Lipinski definition) is 2. The average Bonchev–Trinajstić information content (AvgIpc) is 2.42. The summed E-state index contributed by atoms with van der Waals surface area (Å²) in [6, 6.07) is 7.98. The molecule has 0 aliphatic heterocycles. The number of carbonyl (C=O) groups excluding carboxylic acids is 1. The van der Waals surface area contributed by atoms with Crippen molar-refractivity contribution in [3.63, 3.8) is 0 Å². The molecule has 0 aromatic heterocycles. The number of hydrogen-bond acceptors (Lipinski definition) is 3. The second-order valence-corrected chi connectivity index (χ2v) is 4.97. The minimum atomic E-state index is 0.0587. The lowest BCUT2D eigenvalue weighted by atomic mass is 10.1. The van der Waals surface area contributed by atoms with Crippen molar-refractivity contribution in [2.24, 2.45) is 5.92 Å². The smallest absolute Gasteiger partial charge is 0.233 e. The largest absolute Gasteiger partial charge is 0.497 e. The second-order valence-electron chi connectivity index (χ2n) is 4.97. The molecular weight excluding hydrogens is 240 g/mol. The van der Waals surface area contributed by atoms with Gasteiger partial charge in [-0.05, 0) is 36.6 Å². The molecule has 0 aliphatic carbocycles. The maximum Gasteiger partial charge on any atom is 0.233 e. The van der Waals surface area contributed by atoms with E-state index in [1.54, 1.807) is 7.11 Å². The Balaban J connectivity index is 2.14. The first-order chi connectivity index (χ1) is 9.11. The predicted molar refractivity (Wildman–Crippen MR) is 77.4 cm³/mol. The van der Waals surface area contributed by atoms with Crippen LogP contribution in [0.4, 0.5) is 0 Å². The van der Waals surface area contributed by atoms with Crippen LogP contribution in [0.5, 0.6) is 5.75 Å². The molecular formula is C15H24N2O2. The molecule has 1 amide bonds. The zero-order chi connectivity index (χ0) is 14.1. The summed E-state index contributed by atoms with van der Waals surface area (Å²) in [5.74, 6) is 1.41. The van der Waals surface area contributed by atoms with Gasteiger partial charge in [-0.3, -0.25) is 4.79 Å². The van der Waals surface area contributed by atoms with Crippen molar-refractivity contribution < 1.29 is 9.53 Å². The first-order valence-electron chi connectivity index (χ1n) is 6.72. The molecule has 0 atom stereocenters.